The number of benzene rings is 1. The summed E-state index contributed by atoms with van der Waals surface area (Å²) >= 11 is 0. The van der Waals surface area contributed by atoms with E-state index in [-0.39, 0.29) is 12.5 Å². The van der Waals surface area contributed by atoms with Gasteiger partial charge in [-0.1, -0.05) is 30.3 Å². The molecule has 3 N–H and O–H groups in total. The van der Waals surface area contributed by atoms with Crippen LogP contribution in [0.1, 0.15) is 44.1 Å². The quantitative estimate of drug-likeness (QED) is 0.643. The van der Waals surface area contributed by atoms with Crippen molar-refractivity contribution in [1.29, 1.82) is 0 Å². The number of carbonyl (C=O) groups excluding carboxylic acids is 1. The van der Waals surface area contributed by atoms with Crippen LogP contribution in [0.25, 0.3) is 0 Å². The maximum Gasteiger partial charge on any atom is 0.353 e. The van der Waals surface area contributed by atoms with E-state index in [0.29, 0.717) is 18.3 Å². The van der Waals surface area contributed by atoms with E-state index in [0.717, 1.165) is 17.4 Å². The Morgan fingerprint density at radius 2 is 1.67 bits per heavy atom. The van der Waals surface area contributed by atoms with Gasteiger partial charge in [0, 0.05) is 6.42 Å². The smallest absolute Gasteiger partial charge is 0.353 e. The van der Waals surface area contributed by atoms with Crippen LogP contribution in [-0.2, 0) is 16.0 Å². The summed E-state index contributed by atoms with van der Waals surface area (Å²) in [4.78, 5) is 12.5. The topological polar surface area (TPSA) is 72.5 Å². The van der Waals surface area contributed by atoms with E-state index < -0.39 is 11.7 Å². The van der Waals surface area contributed by atoms with Crippen LogP contribution in [0.3, 0.4) is 0 Å². The molecule has 0 aliphatic heterocycles. The highest BCUT2D eigenvalue weighted by Gasteiger charge is 2.51. The van der Waals surface area contributed by atoms with Gasteiger partial charge in [0.25, 0.3) is 0 Å². The molecule has 130 valence electrons. The Kier molecular flexibility index (Phi) is 4.13. The van der Waals surface area contributed by atoms with Crippen LogP contribution in [0.2, 0.25) is 0 Å². The summed E-state index contributed by atoms with van der Waals surface area (Å²) in [5.41, 5.74) is 5.05. The van der Waals surface area contributed by atoms with E-state index >= 15 is 0 Å². The lowest BCUT2D eigenvalue weighted by Gasteiger charge is -2.53. The minimum Gasteiger partial charge on any atom is -0.459 e. The molecule has 0 radical (unpaired) electrons. The van der Waals surface area contributed by atoms with Gasteiger partial charge in [-0.25, -0.2) is 4.79 Å². The maximum atomic E-state index is 12.5. The Morgan fingerprint density at radius 3 is 2.25 bits per heavy atom. The van der Waals surface area contributed by atoms with E-state index in [4.69, 9.17) is 10.5 Å². The van der Waals surface area contributed by atoms with Crippen LogP contribution in [-0.4, -0.2) is 22.9 Å². The van der Waals surface area contributed by atoms with Gasteiger partial charge in [0.05, 0.1) is 0 Å². The number of esters is 1. The van der Waals surface area contributed by atoms with E-state index in [1.807, 2.05) is 30.3 Å². The Bertz CT molecular complexity index is 570. The lowest BCUT2D eigenvalue weighted by Crippen LogP contribution is -2.55. The molecule has 4 aliphatic carbocycles. The average molecular weight is 329 g/mol. The number of hydrogen-bond donors (Lipinski definition) is 2. The first-order valence-corrected chi connectivity index (χ1v) is 9.27. The van der Waals surface area contributed by atoms with Crippen molar-refractivity contribution < 1.29 is 14.6 Å². The van der Waals surface area contributed by atoms with Crippen molar-refractivity contribution in [2.24, 2.45) is 29.4 Å². The molecule has 4 fully saturated rings. The van der Waals surface area contributed by atoms with Crippen molar-refractivity contribution in [1.82, 2.24) is 0 Å². The summed E-state index contributed by atoms with van der Waals surface area (Å²) in [6, 6.07) is 9.77. The summed E-state index contributed by atoms with van der Waals surface area (Å²) < 4.78 is 5.77. The monoisotopic (exact) mass is 329 g/mol. The second-order valence-electron chi connectivity index (χ2n) is 8.21. The number of nitrogens with two attached hydrogens (primary N) is 1. The number of rotatable bonds is 5. The van der Waals surface area contributed by atoms with E-state index in [1.165, 1.54) is 32.1 Å². The lowest BCUT2D eigenvalue weighted by atomic mass is 9.55. The lowest BCUT2D eigenvalue weighted by molar-refractivity contribution is -0.190. The molecule has 0 saturated heterocycles. The van der Waals surface area contributed by atoms with Crippen molar-refractivity contribution in [3.63, 3.8) is 0 Å². The third-order valence-electron chi connectivity index (χ3n) is 6.37. The van der Waals surface area contributed by atoms with E-state index in [9.17, 15) is 9.90 Å². The van der Waals surface area contributed by atoms with Gasteiger partial charge in [0.2, 0.25) is 5.72 Å². The predicted molar refractivity (Wildman–Crippen MR) is 90.8 cm³/mol. The van der Waals surface area contributed by atoms with Gasteiger partial charge in [-0.2, -0.15) is 0 Å². The first kappa shape index (κ1) is 16.1. The molecule has 1 atom stereocenters. The molecule has 0 aromatic heterocycles. The molecule has 4 nitrogen and oxygen atoms in total. The minimum absolute atomic E-state index is 0.0305. The van der Waals surface area contributed by atoms with Crippen molar-refractivity contribution in [2.75, 3.05) is 0 Å². The summed E-state index contributed by atoms with van der Waals surface area (Å²) in [7, 11) is 0. The Morgan fingerprint density at radius 1 is 1.08 bits per heavy atom. The minimum atomic E-state index is -1.90. The SMILES string of the molecule is NC(O)(CCc1ccccc1)C(=O)OC1C2CC3CC(C2)CC1C3. The Hall–Kier alpha value is -1.39. The molecule has 5 rings (SSSR count). The zero-order valence-corrected chi connectivity index (χ0v) is 14.1. The fraction of sp³-hybridized carbons (Fsp3) is 0.650. The molecule has 1 aromatic carbocycles. The molecule has 4 heteroatoms. The van der Waals surface area contributed by atoms with Crippen LogP contribution in [0.4, 0.5) is 0 Å². The fourth-order valence-corrected chi connectivity index (χ4v) is 5.37. The standard InChI is InChI=1S/C20H27NO3/c21-20(23,7-6-13-4-2-1-3-5-13)19(22)24-18-16-9-14-8-15(11-16)12-17(18)10-14/h1-5,14-18,23H,6-12,21H2. The molecule has 0 spiro atoms. The van der Waals surface area contributed by atoms with Gasteiger partial charge >= 0.3 is 5.97 Å². The predicted octanol–water partition coefficient (Wildman–Crippen LogP) is 2.63. The molecule has 0 heterocycles. The third-order valence-corrected chi connectivity index (χ3v) is 6.37. The molecule has 1 aromatic rings. The zero-order valence-electron chi connectivity index (χ0n) is 14.1. The summed E-state index contributed by atoms with van der Waals surface area (Å²) in [6.07, 6.45) is 6.79. The molecular formula is C20H27NO3. The summed E-state index contributed by atoms with van der Waals surface area (Å²) in [6.45, 7) is 0. The highest BCUT2D eigenvalue weighted by atomic mass is 16.6. The molecule has 24 heavy (non-hydrogen) atoms. The second-order valence-corrected chi connectivity index (χ2v) is 8.21. The fourth-order valence-electron chi connectivity index (χ4n) is 5.37. The largest absolute Gasteiger partial charge is 0.459 e. The molecule has 4 saturated carbocycles. The molecule has 4 aliphatic rings. The molecular weight excluding hydrogens is 302 g/mol. The van der Waals surface area contributed by atoms with Crippen molar-refractivity contribution >= 4 is 5.97 Å². The second kappa shape index (κ2) is 6.16. The highest BCUT2D eigenvalue weighted by Crippen LogP contribution is 2.54. The van der Waals surface area contributed by atoms with Gasteiger partial charge in [0.1, 0.15) is 6.10 Å². The first-order chi connectivity index (χ1) is 11.5. The van der Waals surface area contributed by atoms with Crippen LogP contribution in [0.15, 0.2) is 30.3 Å². The number of aryl methyl sites for hydroxylation is 1. The molecule has 0 amide bonds. The van der Waals surface area contributed by atoms with Gasteiger partial charge in [0.15, 0.2) is 0 Å². The number of aliphatic hydroxyl groups is 1. The average Bonchev–Trinajstić information content (AvgIpc) is 2.56. The van der Waals surface area contributed by atoms with E-state index in [1.54, 1.807) is 0 Å². The first-order valence-electron chi connectivity index (χ1n) is 9.27. The van der Waals surface area contributed by atoms with Crippen molar-refractivity contribution in [3.05, 3.63) is 35.9 Å². The van der Waals surface area contributed by atoms with Crippen LogP contribution in [0.5, 0.6) is 0 Å². The highest BCUT2D eigenvalue weighted by molar-refractivity contribution is 5.78. The number of ether oxygens (including phenoxy) is 1. The summed E-state index contributed by atoms with van der Waals surface area (Å²) in [5, 5.41) is 10.4. The third kappa shape index (κ3) is 3.09. The van der Waals surface area contributed by atoms with Crippen molar-refractivity contribution in [3.8, 4) is 0 Å². The normalized spacial score (nSPS) is 36.3. The van der Waals surface area contributed by atoms with Gasteiger partial charge in [-0.15, -0.1) is 0 Å². The van der Waals surface area contributed by atoms with Crippen molar-refractivity contribution in [2.45, 2.75) is 56.8 Å². The number of carbonyl (C=O) groups is 1. The molecule has 1 unspecified atom stereocenters. The van der Waals surface area contributed by atoms with Crippen LogP contribution < -0.4 is 5.73 Å². The van der Waals surface area contributed by atoms with Gasteiger partial charge in [-0.3, -0.25) is 5.73 Å². The van der Waals surface area contributed by atoms with Crippen LogP contribution in [0, 0.1) is 23.7 Å². The summed E-state index contributed by atoms with van der Waals surface area (Å²) in [5.74, 6) is 1.98. The van der Waals surface area contributed by atoms with Gasteiger partial charge < -0.3 is 9.84 Å². The van der Waals surface area contributed by atoms with Crippen LogP contribution >= 0.6 is 0 Å². The Balaban J connectivity index is 1.36. The maximum absolute atomic E-state index is 12.5. The molecule has 4 bridgehead atoms. The Labute approximate surface area is 143 Å². The zero-order chi connectivity index (χ0) is 16.7. The number of hydrogen-bond acceptors (Lipinski definition) is 4. The van der Waals surface area contributed by atoms with Gasteiger partial charge in [-0.05, 0) is 67.8 Å². The van der Waals surface area contributed by atoms with E-state index in [2.05, 4.69) is 0 Å².